The van der Waals surface area contributed by atoms with Crippen molar-refractivity contribution in [2.45, 2.75) is 27.2 Å². The first kappa shape index (κ1) is 16.2. The number of rotatable bonds is 7. The first-order chi connectivity index (χ1) is 9.42. The minimum atomic E-state index is -0.919. The van der Waals surface area contributed by atoms with Gasteiger partial charge < -0.3 is 10.4 Å². The second kappa shape index (κ2) is 7.65. The fraction of sp³-hybridized carbons (Fsp3) is 0.467. The van der Waals surface area contributed by atoms with Gasteiger partial charge in [0.25, 0.3) is 0 Å². The second-order valence-electron chi connectivity index (χ2n) is 4.95. The molecule has 5 nitrogen and oxygen atoms in total. The van der Waals surface area contributed by atoms with Gasteiger partial charge in [0.15, 0.2) is 0 Å². The number of anilines is 1. The maximum atomic E-state index is 11.9. The minimum Gasteiger partial charge on any atom is -0.480 e. The number of carboxylic acids is 1. The van der Waals surface area contributed by atoms with E-state index in [4.69, 9.17) is 5.11 Å². The van der Waals surface area contributed by atoms with E-state index in [9.17, 15) is 9.59 Å². The lowest BCUT2D eigenvalue weighted by molar-refractivity contribution is -0.138. The van der Waals surface area contributed by atoms with Crippen molar-refractivity contribution in [1.29, 1.82) is 0 Å². The van der Waals surface area contributed by atoms with Crippen molar-refractivity contribution in [2.24, 2.45) is 0 Å². The number of benzene rings is 1. The SMILES string of the molecule is CCCN(CC(=O)O)CC(=O)Nc1ccc(C)c(C)c1. The van der Waals surface area contributed by atoms with Crippen molar-refractivity contribution in [2.75, 3.05) is 25.0 Å². The van der Waals surface area contributed by atoms with Gasteiger partial charge in [0, 0.05) is 5.69 Å². The predicted molar refractivity (Wildman–Crippen MR) is 78.9 cm³/mol. The van der Waals surface area contributed by atoms with Gasteiger partial charge >= 0.3 is 5.97 Å². The van der Waals surface area contributed by atoms with Gasteiger partial charge in [-0.2, -0.15) is 0 Å². The molecule has 0 radical (unpaired) electrons. The van der Waals surface area contributed by atoms with Crippen molar-refractivity contribution < 1.29 is 14.7 Å². The fourth-order valence-corrected chi connectivity index (χ4v) is 1.94. The first-order valence-corrected chi connectivity index (χ1v) is 6.73. The lowest BCUT2D eigenvalue weighted by atomic mass is 10.1. The number of nitrogens with one attached hydrogen (secondary N) is 1. The molecule has 1 amide bonds. The standard InChI is InChI=1S/C15H22N2O3/c1-4-7-17(10-15(19)20)9-14(18)16-13-6-5-11(2)12(3)8-13/h5-6,8H,4,7,9-10H2,1-3H3,(H,16,18)(H,19,20). The Hall–Kier alpha value is -1.88. The third-order valence-electron chi connectivity index (χ3n) is 3.06. The summed E-state index contributed by atoms with van der Waals surface area (Å²) >= 11 is 0. The average Bonchev–Trinajstić information content (AvgIpc) is 2.33. The summed E-state index contributed by atoms with van der Waals surface area (Å²) in [5.41, 5.74) is 3.02. The van der Waals surface area contributed by atoms with Crippen LogP contribution >= 0.6 is 0 Å². The molecule has 0 atom stereocenters. The molecule has 20 heavy (non-hydrogen) atoms. The number of hydrogen-bond acceptors (Lipinski definition) is 3. The third-order valence-corrected chi connectivity index (χ3v) is 3.06. The zero-order valence-electron chi connectivity index (χ0n) is 12.3. The van der Waals surface area contributed by atoms with Gasteiger partial charge in [-0.1, -0.05) is 13.0 Å². The van der Waals surface area contributed by atoms with E-state index in [1.165, 1.54) is 5.56 Å². The van der Waals surface area contributed by atoms with E-state index in [1.54, 1.807) is 4.90 Å². The summed E-state index contributed by atoms with van der Waals surface area (Å²) in [5, 5.41) is 11.6. The molecule has 2 N–H and O–H groups in total. The van der Waals surface area contributed by atoms with Crippen molar-refractivity contribution >= 4 is 17.6 Å². The number of amides is 1. The molecular formula is C15H22N2O3. The molecule has 0 saturated heterocycles. The average molecular weight is 278 g/mol. The van der Waals surface area contributed by atoms with Crippen LogP contribution in [0.15, 0.2) is 18.2 Å². The highest BCUT2D eigenvalue weighted by Crippen LogP contribution is 2.14. The van der Waals surface area contributed by atoms with Crippen LogP contribution < -0.4 is 5.32 Å². The number of carboxylic acid groups (broad SMARTS) is 1. The fourth-order valence-electron chi connectivity index (χ4n) is 1.94. The van der Waals surface area contributed by atoms with Gasteiger partial charge in [0.2, 0.25) is 5.91 Å². The lowest BCUT2D eigenvalue weighted by Crippen LogP contribution is -2.37. The Morgan fingerprint density at radius 1 is 1.20 bits per heavy atom. The number of aliphatic carboxylic acids is 1. The van der Waals surface area contributed by atoms with Crippen LogP contribution in [0.3, 0.4) is 0 Å². The van der Waals surface area contributed by atoms with E-state index in [2.05, 4.69) is 5.32 Å². The number of carbonyl (C=O) groups excluding carboxylic acids is 1. The van der Waals surface area contributed by atoms with Gasteiger partial charge in [-0.25, -0.2) is 0 Å². The number of aryl methyl sites for hydroxylation is 2. The molecule has 1 aromatic rings. The summed E-state index contributed by atoms with van der Waals surface area (Å²) in [7, 11) is 0. The Labute approximate surface area is 119 Å². The van der Waals surface area contributed by atoms with Crippen LogP contribution in [0.25, 0.3) is 0 Å². The molecule has 1 rings (SSSR count). The predicted octanol–water partition coefficient (Wildman–Crippen LogP) is 2.04. The smallest absolute Gasteiger partial charge is 0.317 e. The summed E-state index contributed by atoms with van der Waals surface area (Å²) in [5.74, 6) is -1.11. The van der Waals surface area contributed by atoms with Crippen LogP contribution in [0, 0.1) is 13.8 Å². The molecule has 0 bridgehead atoms. The highest BCUT2D eigenvalue weighted by molar-refractivity contribution is 5.92. The zero-order chi connectivity index (χ0) is 15.1. The van der Waals surface area contributed by atoms with Crippen LogP contribution in [0.5, 0.6) is 0 Å². The van der Waals surface area contributed by atoms with Crippen LogP contribution in [0.2, 0.25) is 0 Å². The van der Waals surface area contributed by atoms with Crippen LogP contribution in [-0.4, -0.2) is 41.5 Å². The third kappa shape index (κ3) is 5.40. The Morgan fingerprint density at radius 2 is 1.90 bits per heavy atom. The van der Waals surface area contributed by atoms with Crippen molar-refractivity contribution in [1.82, 2.24) is 4.90 Å². The Kier molecular flexibility index (Phi) is 6.18. The molecule has 0 aromatic heterocycles. The number of hydrogen-bond donors (Lipinski definition) is 2. The van der Waals surface area contributed by atoms with E-state index < -0.39 is 5.97 Å². The van der Waals surface area contributed by atoms with Crippen molar-refractivity contribution in [3.8, 4) is 0 Å². The summed E-state index contributed by atoms with van der Waals surface area (Å²) in [6.07, 6.45) is 0.810. The van der Waals surface area contributed by atoms with E-state index in [0.717, 1.165) is 17.7 Å². The zero-order valence-corrected chi connectivity index (χ0v) is 12.3. The summed E-state index contributed by atoms with van der Waals surface area (Å²) in [4.78, 5) is 24.3. The Balaban J connectivity index is 2.60. The summed E-state index contributed by atoms with van der Waals surface area (Å²) in [6, 6.07) is 5.71. The van der Waals surface area contributed by atoms with Crippen LogP contribution in [0.4, 0.5) is 5.69 Å². The second-order valence-corrected chi connectivity index (χ2v) is 4.95. The number of nitrogens with zero attached hydrogens (tertiary/aromatic N) is 1. The Bertz CT molecular complexity index is 486. The Morgan fingerprint density at radius 3 is 2.45 bits per heavy atom. The maximum absolute atomic E-state index is 11.9. The number of carbonyl (C=O) groups is 2. The van der Waals surface area contributed by atoms with Gasteiger partial charge in [-0.3, -0.25) is 14.5 Å². The summed E-state index contributed by atoms with van der Waals surface area (Å²) < 4.78 is 0. The van der Waals surface area contributed by atoms with Gasteiger partial charge in [-0.15, -0.1) is 0 Å². The molecule has 0 aliphatic heterocycles. The minimum absolute atomic E-state index is 0.0903. The molecule has 0 saturated carbocycles. The van der Waals surface area contributed by atoms with Gasteiger partial charge in [0.05, 0.1) is 13.1 Å². The highest BCUT2D eigenvalue weighted by Gasteiger charge is 2.13. The van der Waals surface area contributed by atoms with Gasteiger partial charge in [0.1, 0.15) is 0 Å². The first-order valence-electron chi connectivity index (χ1n) is 6.73. The monoisotopic (exact) mass is 278 g/mol. The van der Waals surface area contributed by atoms with Crippen molar-refractivity contribution in [3.63, 3.8) is 0 Å². The van der Waals surface area contributed by atoms with E-state index in [-0.39, 0.29) is 19.0 Å². The molecule has 110 valence electrons. The van der Waals surface area contributed by atoms with Crippen LogP contribution in [0.1, 0.15) is 24.5 Å². The quantitative estimate of drug-likeness (QED) is 0.800. The molecule has 5 heteroatoms. The molecule has 0 spiro atoms. The molecule has 0 aliphatic rings. The lowest BCUT2D eigenvalue weighted by Gasteiger charge is -2.18. The molecule has 0 unspecified atom stereocenters. The largest absolute Gasteiger partial charge is 0.480 e. The van der Waals surface area contributed by atoms with Crippen LogP contribution in [-0.2, 0) is 9.59 Å². The maximum Gasteiger partial charge on any atom is 0.317 e. The van der Waals surface area contributed by atoms with E-state index in [1.807, 2.05) is 39.0 Å². The molecule has 1 aromatic carbocycles. The topological polar surface area (TPSA) is 69.6 Å². The molecule has 0 aliphatic carbocycles. The van der Waals surface area contributed by atoms with Crippen molar-refractivity contribution in [3.05, 3.63) is 29.3 Å². The highest BCUT2D eigenvalue weighted by atomic mass is 16.4. The van der Waals surface area contributed by atoms with E-state index >= 15 is 0 Å². The molecule has 0 fully saturated rings. The molecule has 0 heterocycles. The normalized spacial score (nSPS) is 10.6. The van der Waals surface area contributed by atoms with E-state index in [0.29, 0.717) is 6.54 Å². The van der Waals surface area contributed by atoms with Gasteiger partial charge in [-0.05, 0) is 50.1 Å². The molecular weight excluding hydrogens is 256 g/mol. The summed E-state index contributed by atoms with van der Waals surface area (Å²) in [6.45, 7) is 6.51.